The van der Waals surface area contributed by atoms with Gasteiger partial charge in [-0.15, -0.1) is 0 Å². The van der Waals surface area contributed by atoms with Crippen molar-refractivity contribution in [2.75, 3.05) is 0 Å². The molecule has 0 saturated carbocycles. The van der Waals surface area contributed by atoms with E-state index in [4.69, 9.17) is 21.1 Å². The average Bonchev–Trinajstić information content (AvgIpc) is 2.25. The van der Waals surface area contributed by atoms with E-state index in [1.165, 1.54) is 32.0 Å². The molecule has 0 N–H and O–H groups in total. The molecule has 1 heterocycles. The molecule has 1 saturated heterocycles. The topological polar surface area (TPSA) is 52.6 Å². The number of halogens is 2. The fraction of sp³-hybridized carbons (Fsp3) is 0.231. The quantitative estimate of drug-likeness (QED) is 0.452. The second kappa shape index (κ2) is 4.66. The van der Waals surface area contributed by atoms with Gasteiger partial charge in [0.05, 0.1) is 5.02 Å². The maximum atomic E-state index is 13.6. The molecule has 0 aromatic heterocycles. The molecule has 0 atom stereocenters. The second-order valence-corrected chi connectivity index (χ2v) is 4.78. The molecular formula is C13H10ClFO4. The summed E-state index contributed by atoms with van der Waals surface area (Å²) in [6.45, 7) is 2.85. The number of ether oxygens (including phenoxy) is 2. The zero-order valence-electron chi connectivity index (χ0n) is 10.2. The van der Waals surface area contributed by atoms with E-state index >= 15 is 0 Å². The third-order valence-corrected chi connectivity index (χ3v) is 2.73. The first kappa shape index (κ1) is 13.5. The van der Waals surface area contributed by atoms with Gasteiger partial charge in [0.2, 0.25) is 0 Å². The van der Waals surface area contributed by atoms with Gasteiger partial charge in [0.15, 0.2) is 0 Å². The number of cyclic esters (lactones) is 2. The van der Waals surface area contributed by atoms with Crippen LogP contribution in [0.3, 0.4) is 0 Å². The number of hydrogen-bond donors (Lipinski definition) is 0. The molecule has 19 heavy (non-hydrogen) atoms. The maximum absolute atomic E-state index is 13.6. The number of rotatable bonds is 1. The Labute approximate surface area is 113 Å². The molecule has 6 heteroatoms. The lowest BCUT2D eigenvalue weighted by Crippen LogP contribution is -2.41. The highest BCUT2D eigenvalue weighted by molar-refractivity contribution is 6.32. The normalized spacial score (nSPS) is 17.8. The lowest BCUT2D eigenvalue weighted by atomic mass is 10.1. The van der Waals surface area contributed by atoms with Crippen molar-refractivity contribution in [3.8, 4) is 0 Å². The smallest absolute Gasteiger partial charge is 0.348 e. The van der Waals surface area contributed by atoms with Gasteiger partial charge in [-0.05, 0) is 18.2 Å². The number of carbonyl (C=O) groups is 2. The molecule has 1 fully saturated rings. The first-order valence-electron chi connectivity index (χ1n) is 5.42. The van der Waals surface area contributed by atoms with Gasteiger partial charge in [0.25, 0.3) is 5.79 Å². The molecular weight excluding hydrogens is 275 g/mol. The summed E-state index contributed by atoms with van der Waals surface area (Å²) in [6.07, 6.45) is 1.03. The Balaban J connectivity index is 2.44. The number of benzene rings is 1. The Kier molecular flexibility index (Phi) is 3.32. The summed E-state index contributed by atoms with van der Waals surface area (Å²) in [7, 11) is 0. The van der Waals surface area contributed by atoms with Crippen LogP contribution < -0.4 is 0 Å². The van der Waals surface area contributed by atoms with Crippen LogP contribution in [-0.4, -0.2) is 17.7 Å². The van der Waals surface area contributed by atoms with Crippen molar-refractivity contribution in [1.82, 2.24) is 0 Å². The van der Waals surface area contributed by atoms with Crippen molar-refractivity contribution in [3.63, 3.8) is 0 Å². The second-order valence-electron chi connectivity index (χ2n) is 4.37. The minimum Gasteiger partial charge on any atom is -0.419 e. The van der Waals surface area contributed by atoms with Gasteiger partial charge < -0.3 is 9.47 Å². The highest BCUT2D eigenvalue weighted by Crippen LogP contribution is 2.27. The van der Waals surface area contributed by atoms with Crippen LogP contribution >= 0.6 is 11.6 Å². The van der Waals surface area contributed by atoms with Gasteiger partial charge in [-0.3, -0.25) is 0 Å². The fourth-order valence-electron chi connectivity index (χ4n) is 1.57. The lowest BCUT2D eigenvalue weighted by Gasteiger charge is -2.29. The van der Waals surface area contributed by atoms with E-state index in [9.17, 15) is 14.0 Å². The van der Waals surface area contributed by atoms with Crippen LogP contribution in [0.4, 0.5) is 4.39 Å². The first-order valence-corrected chi connectivity index (χ1v) is 5.80. The molecule has 1 aromatic rings. The molecule has 0 aliphatic carbocycles. The van der Waals surface area contributed by atoms with Crippen molar-refractivity contribution in [3.05, 3.63) is 40.2 Å². The molecule has 1 aromatic carbocycles. The monoisotopic (exact) mass is 284 g/mol. The summed E-state index contributed by atoms with van der Waals surface area (Å²) in [4.78, 5) is 23.4. The number of esters is 2. The van der Waals surface area contributed by atoms with E-state index in [1.54, 1.807) is 0 Å². The van der Waals surface area contributed by atoms with Gasteiger partial charge in [0, 0.05) is 19.4 Å². The molecule has 2 rings (SSSR count). The predicted octanol–water partition coefficient (Wildman–Crippen LogP) is 2.70. The number of hydrogen-bond acceptors (Lipinski definition) is 4. The first-order chi connectivity index (χ1) is 8.80. The molecule has 1 aliphatic rings. The SMILES string of the molecule is CC1(C)OC(=O)C(=Cc2c(F)cccc2Cl)C(=O)O1. The van der Waals surface area contributed by atoms with Crippen molar-refractivity contribution in [2.45, 2.75) is 19.6 Å². The average molecular weight is 285 g/mol. The zero-order chi connectivity index (χ0) is 14.2. The molecule has 4 nitrogen and oxygen atoms in total. The van der Waals surface area contributed by atoms with Crippen molar-refractivity contribution in [2.24, 2.45) is 0 Å². The van der Waals surface area contributed by atoms with Gasteiger partial charge in [-0.2, -0.15) is 0 Å². The van der Waals surface area contributed by atoms with Crippen LogP contribution in [0, 0.1) is 5.82 Å². The molecule has 0 spiro atoms. The van der Waals surface area contributed by atoms with Crippen LogP contribution in [0.15, 0.2) is 23.8 Å². The van der Waals surface area contributed by atoms with Crippen LogP contribution in [-0.2, 0) is 19.1 Å². The molecule has 0 radical (unpaired) electrons. The third-order valence-electron chi connectivity index (χ3n) is 2.41. The summed E-state index contributed by atoms with van der Waals surface area (Å²) in [5.74, 6) is -3.73. The van der Waals surface area contributed by atoms with Gasteiger partial charge in [-0.1, -0.05) is 17.7 Å². The van der Waals surface area contributed by atoms with E-state index < -0.39 is 29.1 Å². The Bertz CT molecular complexity index is 550. The fourth-order valence-corrected chi connectivity index (χ4v) is 1.79. The lowest BCUT2D eigenvalue weighted by molar-refractivity contribution is -0.222. The van der Waals surface area contributed by atoms with Crippen LogP contribution in [0.25, 0.3) is 6.08 Å². The number of carbonyl (C=O) groups excluding carboxylic acids is 2. The van der Waals surface area contributed by atoms with Crippen LogP contribution in [0.1, 0.15) is 19.4 Å². The Hall–Kier alpha value is -1.88. The van der Waals surface area contributed by atoms with E-state index in [-0.39, 0.29) is 10.6 Å². The molecule has 0 bridgehead atoms. The zero-order valence-corrected chi connectivity index (χ0v) is 11.0. The minimum atomic E-state index is -1.33. The molecule has 1 aliphatic heterocycles. The Morgan fingerprint density at radius 2 is 1.79 bits per heavy atom. The van der Waals surface area contributed by atoms with E-state index in [2.05, 4.69) is 0 Å². The van der Waals surface area contributed by atoms with Gasteiger partial charge >= 0.3 is 11.9 Å². The predicted molar refractivity (Wildman–Crippen MR) is 65.7 cm³/mol. The summed E-state index contributed by atoms with van der Waals surface area (Å²) >= 11 is 5.81. The van der Waals surface area contributed by atoms with E-state index in [0.29, 0.717) is 0 Å². The highest BCUT2D eigenvalue weighted by Gasteiger charge is 2.39. The Morgan fingerprint density at radius 3 is 2.32 bits per heavy atom. The third kappa shape index (κ3) is 2.76. The molecule has 100 valence electrons. The van der Waals surface area contributed by atoms with Crippen molar-refractivity contribution in [1.29, 1.82) is 0 Å². The summed E-state index contributed by atoms with van der Waals surface area (Å²) < 4.78 is 23.4. The summed E-state index contributed by atoms with van der Waals surface area (Å²) in [6, 6.07) is 4.03. The largest absolute Gasteiger partial charge is 0.419 e. The van der Waals surface area contributed by atoms with Gasteiger partial charge in [0.1, 0.15) is 11.4 Å². The molecule has 0 unspecified atom stereocenters. The Morgan fingerprint density at radius 1 is 1.21 bits per heavy atom. The van der Waals surface area contributed by atoms with Crippen LogP contribution in [0.2, 0.25) is 5.02 Å². The summed E-state index contributed by atoms with van der Waals surface area (Å²) in [5, 5.41) is 0.0814. The van der Waals surface area contributed by atoms with Gasteiger partial charge in [-0.25, -0.2) is 14.0 Å². The van der Waals surface area contributed by atoms with E-state index in [1.807, 2.05) is 0 Å². The highest BCUT2D eigenvalue weighted by atomic mass is 35.5. The van der Waals surface area contributed by atoms with Crippen LogP contribution in [0.5, 0.6) is 0 Å². The maximum Gasteiger partial charge on any atom is 0.348 e. The standard InChI is InChI=1S/C13H10ClFO4/c1-13(2)18-11(16)8(12(17)19-13)6-7-9(14)4-3-5-10(7)15/h3-6H,1-2H3. The van der Waals surface area contributed by atoms with E-state index in [0.717, 1.165) is 6.08 Å². The molecule has 0 amide bonds. The van der Waals surface area contributed by atoms with Crippen molar-refractivity contribution < 1.29 is 23.5 Å². The minimum absolute atomic E-state index is 0.0622. The van der Waals surface area contributed by atoms with Crippen molar-refractivity contribution >= 4 is 29.6 Å². The summed E-state index contributed by atoms with van der Waals surface area (Å²) in [5.41, 5.74) is -0.459.